The molecule has 0 aliphatic rings. The lowest BCUT2D eigenvalue weighted by molar-refractivity contribution is -0.119. The lowest BCUT2D eigenvalue weighted by Crippen LogP contribution is -2.18. The third kappa shape index (κ3) is 4.37. The van der Waals surface area contributed by atoms with E-state index in [1.54, 1.807) is 31.4 Å². The van der Waals surface area contributed by atoms with Crippen LogP contribution in [-0.4, -0.2) is 34.9 Å². The van der Waals surface area contributed by atoms with Crippen molar-refractivity contribution in [1.29, 1.82) is 0 Å². The molecule has 0 saturated heterocycles. The van der Waals surface area contributed by atoms with E-state index in [9.17, 15) is 14.4 Å². The van der Waals surface area contributed by atoms with Crippen molar-refractivity contribution in [3.63, 3.8) is 0 Å². The highest BCUT2D eigenvalue weighted by Gasteiger charge is 2.23. The van der Waals surface area contributed by atoms with E-state index in [4.69, 9.17) is 9.15 Å². The molecule has 0 spiro atoms. The number of hydrogen-bond donors (Lipinski definition) is 3. The van der Waals surface area contributed by atoms with Gasteiger partial charge in [-0.25, -0.2) is 9.78 Å². The molecule has 0 aromatic carbocycles. The number of aromatic amines is 1. The fourth-order valence-corrected chi connectivity index (χ4v) is 3.51. The highest BCUT2D eigenvalue weighted by molar-refractivity contribution is 7.14. The number of hydrogen-bond acceptors (Lipinski definition) is 7. The Morgan fingerprint density at radius 3 is 2.72 bits per heavy atom. The molecule has 0 atom stereocenters. The third-order valence-corrected chi connectivity index (χ3v) is 4.96. The Morgan fingerprint density at radius 1 is 1.28 bits per heavy atom. The summed E-state index contributed by atoms with van der Waals surface area (Å²) in [5, 5.41) is 7.51. The average Bonchev–Trinajstić information content (AvgIpc) is 3.38. The van der Waals surface area contributed by atoms with E-state index in [1.165, 1.54) is 25.4 Å². The lowest BCUT2D eigenvalue weighted by atomic mass is 10.1. The van der Waals surface area contributed by atoms with E-state index in [2.05, 4.69) is 20.6 Å². The van der Waals surface area contributed by atoms with Gasteiger partial charge in [-0.1, -0.05) is 0 Å². The molecule has 3 N–H and O–H groups in total. The number of nitrogens with one attached hydrogen (secondary N) is 3. The molecular formula is C19H20N4O5S. The minimum Gasteiger partial charge on any atom is -0.465 e. The number of nitrogens with zero attached hydrogens (tertiary/aromatic N) is 1. The molecule has 0 aliphatic heterocycles. The largest absolute Gasteiger partial charge is 0.465 e. The molecule has 0 aliphatic carbocycles. The van der Waals surface area contributed by atoms with Gasteiger partial charge in [0.25, 0.3) is 5.91 Å². The molecule has 0 unspecified atom stereocenters. The minimum atomic E-state index is -0.500. The van der Waals surface area contributed by atoms with Crippen LogP contribution in [0.4, 0.5) is 5.13 Å². The number of aromatic nitrogens is 2. The number of ether oxygens (including phenoxy) is 1. The first-order valence-corrected chi connectivity index (χ1v) is 9.56. The second-order valence-electron chi connectivity index (χ2n) is 6.28. The number of carbonyl (C=O) groups excluding carboxylic acids is 3. The SMILES string of the molecule is COC(=O)c1c(C)[nH]c(C(=O)Nc2nc(-c3ccc(CNC(C)=O)o3)cs2)c1C. The van der Waals surface area contributed by atoms with Gasteiger partial charge in [0.15, 0.2) is 10.9 Å². The van der Waals surface area contributed by atoms with E-state index >= 15 is 0 Å². The van der Waals surface area contributed by atoms with Crippen molar-refractivity contribution in [3.8, 4) is 11.5 Å². The monoisotopic (exact) mass is 416 g/mol. The van der Waals surface area contributed by atoms with Gasteiger partial charge in [0.1, 0.15) is 17.1 Å². The van der Waals surface area contributed by atoms with Crippen molar-refractivity contribution in [2.45, 2.75) is 27.3 Å². The number of esters is 1. The standard InChI is InChI=1S/C19H20N4O5S/c1-9-15(18(26)27-4)10(2)21-16(9)17(25)23-19-22-13(8-29-19)14-6-5-12(28-14)7-20-11(3)24/h5-6,8,21H,7H2,1-4H3,(H,20,24)(H,22,23,25). The Balaban J connectivity index is 1.73. The van der Waals surface area contributed by atoms with Crippen LogP contribution in [0.3, 0.4) is 0 Å². The van der Waals surface area contributed by atoms with Gasteiger partial charge in [0, 0.05) is 18.0 Å². The molecule has 152 valence electrons. The van der Waals surface area contributed by atoms with Crippen LogP contribution in [0.25, 0.3) is 11.5 Å². The molecular weight excluding hydrogens is 396 g/mol. The predicted octanol–water partition coefficient (Wildman–Crippen LogP) is 3.02. The molecule has 0 fully saturated rings. The number of H-pyrrole nitrogens is 1. The number of carbonyl (C=O) groups is 3. The number of rotatable bonds is 6. The van der Waals surface area contributed by atoms with Crippen LogP contribution in [0.15, 0.2) is 21.9 Å². The summed E-state index contributed by atoms with van der Waals surface area (Å²) in [5.74, 6) is 0.0718. The molecule has 0 radical (unpaired) electrons. The first-order valence-electron chi connectivity index (χ1n) is 8.68. The summed E-state index contributed by atoms with van der Waals surface area (Å²) in [4.78, 5) is 42.8. The molecule has 3 heterocycles. The van der Waals surface area contributed by atoms with Gasteiger partial charge in [0.2, 0.25) is 5.91 Å². The van der Waals surface area contributed by atoms with E-state index < -0.39 is 11.9 Å². The quantitative estimate of drug-likeness (QED) is 0.530. The number of aryl methyl sites for hydroxylation is 1. The first-order chi connectivity index (χ1) is 13.8. The maximum Gasteiger partial charge on any atom is 0.339 e. The Morgan fingerprint density at radius 2 is 2.03 bits per heavy atom. The van der Waals surface area contributed by atoms with Gasteiger partial charge in [-0.05, 0) is 31.5 Å². The zero-order valence-electron chi connectivity index (χ0n) is 16.3. The van der Waals surface area contributed by atoms with Crippen molar-refractivity contribution in [2.75, 3.05) is 12.4 Å². The smallest absolute Gasteiger partial charge is 0.339 e. The van der Waals surface area contributed by atoms with Crippen molar-refractivity contribution in [3.05, 3.63) is 45.8 Å². The maximum atomic E-state index is 12.6. The van der Waals surface area contributed by atoms with Crippen molar-refractivity contribution < 1.29 is 23.5 Å². The molecule has 0 bridgehead atoms. The fraction of sp³-hybridized carbons (Fsp3) is 0.263. The van der Waals surface area contributed by atoms with Gasteiger partial charge in [0.05, 0.1) is 19.2 Å². The van der Waals surface area contributed by atoms with Crippen molar-refractivity contribution in [2.24, 2.45) is 0 Å². The van der Waals surface area contributed by atoms with Crippen LogP contribution in [0.1, 0.15) is 44.8 Å². The van der Waals surface area contributed by atoms with Crippen LogP contribution in [0.2, 0.25) is 0 Å². The molecule has 3 aromatic rings. The second kappa shape index (κ2) is 8.31. The number of thiazole rings is 1. The summed E-state index contributed by atoms with van der Waals surface area (Å²) in [6.07, 6.45) is 0. The van der Waals surface area contributed by atoms with E-state index in [0.717, 1.165) is 0 Å². The lowest BCUT2D eigenvalue weighted by Gasteiger charge is -2.02. The number of furan rings is 1. The van der Waals surface area contributed by atoms with Crippen molar-refractivity contribution >= 4 is 34.3 Å². The van der Waals surface area contributed by atoms with Gasteiger partial charge < -0.3 is 19.5 Å². The zero-order valence-corrected chi connectivity index (χ0v) is 17.2. The summed E-state index contributed by atoms with van der Waals surface area (Å²) in [7, 11) is 1.29. The zero-order chi connectivity index (χ0) is 21.1. The summed E-state index contributed by atoms with van der Waals surface area (Å²) in [5.41, 5.74) is 2.25. The van der Waals surface area contributed by atoms with E-state index in [-0.39, 0.29) is 18.1 Å². The minimum absolute atomic E-state index is 0.146. The number of anilines is 1. The van der Waals surface area contributed by atoms with Crippen LogP contribution in [0, 0.1) is 13.8 Å². The van der Waals surface area contributed by atoms with Crippen LogP contribution in [0.5, 0.6) is 0 Å². The summed E-state index contributed by atoms with van der Waals surface area (Å²) < 4.78 is 10.4. The van der Waals surface area contributed by atoms with Gasteiger partial charge in [-0.15, -0.1) is 11.3 Å². The molecule has 3 aromatic heterocycles. The fourth-order valence-electron chi connectivity index (χ4n) is 2.81. The van der Waals surface area contributed by atoms with Crippen LogP contribution >= 0.6 is 11.3 Å². The predicted molar refractivity (Wildman–Crippen MR) is 107 cm³/mol. The molecule has 2 amide bonds. The van der Waals surface area contributed by atoms with E-state index in [0.29, 0.717) is 39.2 Å². The third-order valence-electron chi connectivity index (χ3n) is 4.20. The van der Waals surface area contributed by atoms with E-state index in [1.807, 2.05) is 0 Å². The Hall–Kier alpha value is -3.40. The molecule has 9 nitrogen and oxygen atoms in total. The van der Waals surface area contributed by atoms with Crippen LogP contribution < -0.4 is 10.6 Å². The highest BCUT2D eigenvalue weighted by Crippen LogP contribution is 2.27. The molecule has 0 saturated carbocycles. The Bertz CT molecular complexity index is 1080. The summed E-state index contributed by atoms with van der Waals surface area (Å²) in [6.45, 7) is 5.10. The van der Waals surface area contributed by atoms with Gasteiger partial charge in [-0.3, -0.25) is 14.9 Å². The number of methoxy groups -OCH3 is 1. The number of amides is 2. The molecule has 3 rings (SSSR count). The first kappa shape index (κ1) is 20.3. The van der Waals surface area contributed by atoms with Gasteiger partial charge >= 0.3 is 5.97 Å². The summed E-state index contributed by atoms with van der Waals surface area (Å²) in [6, 6.07) is 3.50. The Labute approximate surface area is 170 Å². The topological polar surface area (TPSA) is 126 Å². The van der Waals surface area contributed by atoms with Gasteiger partial charge in [-0.2, -0.15) is 0 Å². The average molecular weight is 416 g/mol. The second-order valence-corrected chi connectivity index (χ2v) is 7.14. The normalized spacial score (nSPS) is 10.6. The van der Waals surface area contributed by atoms with Crippen molar-refractivity contribution in [1.82, 2.24) is 15.3 Å². The molecule has 10 heteroatoms. The molecule has 29 heavy (non-hydrogen) atoms. The van der Waals surface area contributed by atoms with Crippen LogP contribution in [-0.2, 0) is 16.1 Å². The Kier molecular flexibility index (Phi) is 5.83. The maximum absolute atomic E-state index is 12.6. The highest BCUT2D eigenvalue weighted by atomic mass is 32.1. The summed E-state index contributed by atoms with van der Waals surface area (Å²) >= 11 is 1.24.